The number of benzene rings is 1. The summed E-state index contributed by atoms with van der Waals surface area (Å²) in [6, 6.07) is 10.8. The molecule has 0 aliphatic rings. The SMILES string of the molecule is Cc1cc(C)cc(-c2ccnc(C)c2)c1. The Bertz CT molecular complexity index is 466. The summed E-state index contributed by atoms with van der Waals surface area (Å²) < 4.78 is 0. The molecule has 15 heavy (non-hydrogen) atoms. The van der Waals surface area contributed by atoms with Crippen molar-refractivity contribution >= 4 is 0 Å². The maximum atomic E-state index is 4.21. The molecule has 1 heterocycles. The van der Waals surface area contributed by atoms with Gasteiger partial charge in [-0.25, -0.2) is 0 Å². The monoisotopic (exact) mass is 197 g/mol. The zero-order valence-electron chi connectivity index (χ0n) is 9.41. The van der Waals surface area contributed by atoms with Crippen LogP contribution in [-0.2, 0) is 0 Å². The predicted molar refractivity (Wildman–Crippen MR) is 63.9 cm³/mol. The molecule has 76 valence electrons. The van der Waals surface area contributed by atoms with E-state index >= 15 is 0 Å². The van der Waals surface area contributed by atoms with E-state index in [0.29, 0.717) is 0 Å². The topological polar surface area (TPSA) is 12.9 Å². The first kappa shape index (κ1) is 9.91. The van der Waals surface area contributed by atoms with Crippen LogP contribution in [0.4, 0.5) is 0 Å². The molecular weight excluding hydrogens is 182 g/mol. The van der Waals surface area contributed by atoms with Gasteiger partial charge >= 0.3 is 0 Å². The number of aryl methyl sites for hydroxylation is 3. The molecule has 0 fully saturated rings. The predicted octanol–water partition coefficient (Wildman–Crippen LogP) is 3.67. The van der Waals surface area contributed by atoms with Gasteiger partial charge in [-0.3, -0.25) is 4.98 Å². The Morgan fingerprint density at radius 3 is 2.07 bits per heavy atom. The van der Waals surface area contributed by atoms with Crippen LogP contribution in [0.3, 0.4) is 0 Å². The molecule has 1 aromatic carbocycles. The second kappa shape index (κ2) is 3.85. The minimum absolute atomic E-state index is 1.06. The zero-order valence-corrected chi connectivity index (χ0v) is 9.41. The minimum atomic E-state index is 1.06. The molecule has 0 unspecified atom stereocenters. The van der Waals surface area contributed by atoms with Gasteiger partial charge in [0.2, 0.25) is 0 Å². The van der Waals surface area contributed by atoms with Crippen LogP contribution in [0.5, 0.6) is 0 Å². The van der Waals surface area contributed by atoms with Gasteiger partial charge in [0.15, 0.2) is 0 Å². The van der Waals surface area contributed by atoms with Gasteiger partial charge in [-0.1, -0.05) is 29.3 Å². The third kappa shape index (κ3) is 2.24. The fourth-order valence-corrected chi connectivity index (χ4v) is 1.87. The van der Waals surface area contributed by atoms with Crippen molar-refractivity contribution in [3.8, 4) is 11.1 Å². The number of hydrogen-bond donors (Lipinski definition) is 0. The highest BCUT2D eigenvalue weighted by Crippen LogP contribution is 2.22. The summed E-state index contributed by atoms with van der Waals surface area (Å²) in [5.74, 6) is 0. The Balaban J connectivity index is 2.54. The summed E-state index contributed by atoms with van der Waals surface area (Å²) in [7, 11) is 0. The lowest BCUT2D eigenvalue weighted by atomic mass is 10.0. The van der Waals surface area contributed by atoms with Crippen molar-refractivity contribution in [2.24, 2.45) is 0 Å². The van der Waals surface area contributed by atoms with Crippen LogP contribution in [0, 0.1) is 20.8 Å². The minimum Gasteiger partial charge on any atom is -0.262 e. The molecule has 1 aromatic heterocycles. The molecule has 0 aliphatic carbocycles. The molecule has 2 rings (SSSR count). The maximum absolute atomic E-state index is 4.21. The van der Waals surface area contributed by atoms with E-state index in [1.165, 1.54) is 22.3 Å². The van der Waals surface area contributed by atoms with Gasteiger partial charge in [-0.05, 0) is 44.0 Å². The summed E-state index contributed by atoms with van der Waals surface area (Å²) >= 11 is 0. The van der Waals surface area contributed by atoms with Gasteiger partial charge in [-0.2, -0.15) is 0 Å². The first-order chi connectivity index (χ1) is 7.15. The van der Waals surface area contributed by atoms with E-state index in [1.54, 1.807) is 0 Å². The Morgan fingerprint density at radius 1 is 0.800 bits per heavy atom. The Kier molecular flexibility index (Phi) is 2.55. The molecular formula is C14H15N. The van der Waals surface area contributed by atoms with Gasteiger partial charge in [-0.15, -0.1) is 0 Å². The van der Waals surface area contributed by atoms with E-state index in [2.05, 4.69) is 49.2 Å². The summed E-state index contributed by atoms with van der Waals surface area (Å²) in [4.78, 5) is 4.21. The van der Waals surface area contributed by atoms with E-state index in [9.17, 15) is 0 Å². The van der Waals surface area contributed by atoms with Crippen molar-refractivity contribution in [2.75, 3.05) is 0 Å². The normalized spacial score (nSPS) is 10.3. The van der Waals surface area contributed by atoms with Crippen LogP contribution in [0.2, 0.25) is 0 Å². The second-order valence-electron chi connectivity index (χ2n) is 4.06. The lowest BCUT2D eigenvalue weighted by Gasteiger charge is -2.05. The number of rotatable bonds is 1. The fourth-order valence-electron chi connectivity index (χ4n) is 1.87. The first-order valence-corrected chi connectivity index (χ1v) is 5.16. The van der Waals surface area contributed by atoms with Crippen LogP contribution < -0.4 is 0 Å². The van der Waals surface area contributed by atoms with Gasteiger partial charge in [0.05, 0.1) is 0 Å². The highest BCUT2D eigenvalue weighted by atomic mass is 14.6. The lowest BCUT2D eigenvalue weighted by Crippen LogP contribution is -1.85. The van der Waals surface area contributed by atoms with E-state index in [1.807, 2.05) is 13.1 Å². The molecule has 0 saturated heterocycles. The summed E-state index contributed by atoms with van der Waals surface area (Å²) in [5, 5.41) is 0. The van der Waals surface area contributed by atoms with E-state index in [0.717, 1.165) is 5.69 Å². The van der Waals surface area contributed by atoms with Crippen LogP contribution in [0.15, 0.2) is 36.5 Å². The van der Waals surface area contributed by atoms with Crippen LogP contribution >= 0.6 is 0 Å². The average Bonchev–Trinajstić information content (AvgIpc) is 2.16. The molecule has 0 aliphatic heterocycles. The number of pyridine rings is 1. The van der Waals surface area contributed by atoms with Crippen molar-refractivity contribution in [1.29, 1.82) is 0 Å². The van der Waals surface area contributed by atoms with Gasteiger partial charge in [0.25, 0.3) is 0 Å². The van der Waals surface area contributed by atoms with Crippen molar-refractivity contribution in [3.63, 3.8) is 0 Å². The highest BCUT2D eigenvalue weighted by Gasteiger charge is 1.99. The number of nitrogens with zero attached hydrogens (tertiary/aromatic N) is 1. The van der Waals surface area contributed by atoms with E-state index in [-0.39, 0.29) is 0 Å². The molecule has 0 bridgehead atoms. The van der Waals surface area contributed by atoms with Crippen molar-refractivity contribution < 1.29 is 0 Å². The zero-order chi connectivity index (χ0) is 10.8. The van der Waals surface area contributed by atoms with Gasteiger partial charge in [0, 0.05) is 11.9 Å². The summed E-state index contributed by atoms with van der Waals surface area (Å²) in [5.41, 5.74) is 6.19. The van der Waals surface area contributed by atoms with Crippen LogP contribution in [-0.4, -0.2) is 4.98 Å². The summed E-state index contributed by atoms with van der Waals surface area (Å²) in [6.07, 6.45) is 1.86. The number of aromatic nitrogens is 1. The molecule has 0 saturated carbocycles. The summed E-state index contributed by atoms with van der Waals surface area (Å²) in [6.45, 7) is 6.28. The molecule has 0 N–H and O–H groups in total. The quantitative estimate of drug-likeness (QED) is 0.679. The lowest BCUT2D eigenvalue weighted by molar-refractivity contribution is 1.20. The molecule has 1 nitrogen and oxygen atoms in total. The number of hydrogen-bond acceptors (Lipinski definition) is 1. The molecule has 0 atom stereocenters. The van der Waals surface area contributed by atoms with Crippen molar-refractivity contribution in [1.82, 2.24) is 4.98 Å². The molecule has 0 amide bonds. The van der Waals surface area contributed by atoms with E-state index < -0.39 is 0 Å². The molecule has 0 spiro atoms. The molecule has 2 aromatic rings. The van der Waals surface area contributed by atoms with Crippen LogP contribution in [0.1, 0.15) is 16.8 Å². The average molecular weight is 197 g/mol. The first-order valence-electron chi connectivity index (χ1n) is 5.16. The van der Waals surface area contributed by atoms with Crippen LogP contribution in [0.25, 0.3) is 11.1 Å². The Labute approximate surface area is 90.8 Å². The maximum Gasteiger partial charge on any atom is 0.0378 e. The second-order valence-corrected chi connectivity index (χ2v) is 4.06. The Morgan fingerprint density at radius 2 is 1.47 bits per heavy atom. The largest absolute Gasteiger partial charge is 0.262 e. The standard InChI is InChI=1S/C14H15N/c1-10-6-11(2)8-14(7-10)13-4-5-15-12(3)9-13/h4-9H,1-3H3. The highest BCUT2D eigenvalue weighted by molar-refractivity contribution is 5.65. The smallest absolute Gasteiger partial charge is 0.0378 e. The third-order valence-corrected chi connectivity index (χ3v) is 2.45. The van der Waals surface area contributed by atoms with Crippen molar-refractivity contribution in [3.05, 3.63) is 53.3 Å². The third-order valence-electron chi connectivity index (χ3n) is 2.45. The molecule has 1 heteroatoms. The van der Waals surface area contributed by atoms with E-state index in [4.69, 9.17) is 0 Å². The molecule has 0 radical (unpaired) electrons. The van der Waals surface area contributed by atoms with Gasteiger partial charge in [0.1, 0.15) is 0 Å². The Hall–Kier alpha value is -1.63. The van der Waals surface area contributed by atoms with Crippen molar-refractivity contribution in [2.45, 2.75) is 20.8 Å². The fraction of sp³-hybridized carbons (Fsp3) is 0.214. The van der Waals surface area contributed by atoms with Gasteiger partial charge < -0.3 is 0 Å².